The average Bonchev–Trinajstić information content (AvgIpc) is 2.37. The van der Waals surface area contributed by atoms with E-state index in [0.29, 0.717) is 5.56 Å². The average molecular weight is 402 g/mol. The summed E-state index contributed by atoms with van der Waals surface area (Å²) in [6, 6.07) is 8.60. The first kappa shape index (κ1) is 15.0. The van der Waals surface area contributed by atoms with E-state index >= 15 is 0 Å². The monoisotopic (exact) mass is 400 g/mol. The van der Waals surface area contributed by atoms with Crippen molar-refractivity contribution in [2.24, 2.45) is 5.41 Å². The zero-order valence-electron chi connectivity index (χ0n) is 10.1. The summed E-state index contributed by atoms with van der Waals surface area (Å²) in [5.41, 5.74) is -1.41. The number of carboxylic acids is 2. The van der Waals surface area contributed by atoms with Gasteiger partial charge in [-0.2, -0.15) is 0 Å². The van der Waals surface area contributed by atoms with Crippen LogP contribution in [0.2, 0.25) is 0 Å². The molecule has 0 aliphatic heterocycles. The molecule has 0 amide bonds. The molecule has 0 heterocycles. The zero-order valence-corrected chi connectivity index (χ0v) is 13.3. The number of halogens is 2. The minimum atomic E-state index is -2.16. The highest BCUT2D eigenvalue weighted by atomic mass is 79.9. The Balaban J connectivity index is 2.77. The van der Waals surface area contributed by atoms with Crippen molar-refractivity contribution >= 4 is 49.4 Å². The molecular formula is C14H10Br2O4. The maximum atomic E-state index is 11.8. The SMILES string of the molecule is O=C(O)C1(C(=O)O)C(c2ccccc2)=CC=CC1(Br)Br. The molecule has 2 N–H and O–H groups in total. The van der Waals surface area contributed by atoms with E-state index in [2.05, 4.69) is 31.9 Å². The highest BCUT2D eigenvalue weighted by Gasteiger charge is 2.63. The van der Waals surface area contributed by atoms with Crippen LogP contribution in [0, 0.1) is 5.41 Å². The molecule has 0 saturated heterocycles. The molecule has 0 aromatic heterocycles. The van der Waals surface area contributed by atoms with Gasteiger partial charge >= 0.3 is 11.9 Å². The largest absolute Gasteiger partial charge is 0.480 e. The van der Waals surface area contributed by atoms with Crippen LogP contribution in [0.15, 0.2) is 48.6 Å². The molecule has 0 atom stereocenters. The Morgan fingerprint density at radius 1 is 1.00 bits per heavy atom. The van der Waals surface area contributed by atoms with Crippen LogP contribution in [0.3, 0.4) is 0 Å². The van der Waals surface area contributed by atoms with Gasteiger partial charge in [-0.15, -0.1) is 0 Å². The molecule has 0 radical (unpaired) electrons. The Labute approximate surface area is 132 Å². The molecule has 6 heteroatoms. The number of allylic oxidation sites excluding steroid dienone is 3. The van der Waals surface area contributed by atoms with Gasteiger partial charge in [0.2, 0.25) is 5.41 Å². The van der Waals surface area contributed by atoms with Gasteiger partial charge in [0.1, 0.15) is 3.23 Å². The van der Waals surface area contributed by atoms with E-state index in [0.717, 1.165) is 0 Å². The quantitative estimate of drug-likeness (QED) is 0.602. The number of aliphatic carboxylic acids is 2. The molecule has 1 aliphatic carbocycles. The van der Waals surface area contributed by atoms with E-state index < -0.39 is 20.6 Å². The molecule has 1 aromatic carbocycles. The van der Waals surface area contributed by atoms with Gasteiger partial charge in [-0.1, -0.05) is 80.4 Å². The fourth-order valence-corrected chi connectivity index (χ4v) is 3.64. The van der Waals surface area contributed by atoms with Gasteiger partial charge in [-0.3, -0.25) is 9.59 Å². The second-order valence-electron chi connectivity index (χ2n) is 4.29. The maximum Gasteiger partial charge on any atom is 0.328 e. The lowest BCUT2D eigenvalue weighted by Gasteiger charge is -2.38. The Morgan fingerprint density at radius 3 is 2.05 bits per heavy atom. The lowest BCUT2D eigenvalue weighted by molar-refractivity contribution is -0.159. The van der Waals surface area contributed by atoms with Gasteiger partial charge in [-0.25, -0.2) is 0 Å². The summed E-state index contributed by atoms with van der Waals surface area (Å²) >= 11 is 6.36. The topological polar surface area (TPSA) is 74.6 Å². The number of alkyl halides is 2. The number of hydrogen-bond acceptors (Lipinski definition) is 2. The molecule has 0 spiro atoms. The summed E-state index contributed by atoms with van der Waals surface area (Å²) in [4.78, 5) is 23.6. The molecule has 0 bridgehead atoms. The second-order valence-corrected chi connectivity index (χ2v) is 7.85. The molecule has 0 saturated carbocycles. The van der Waals surface area contributed by atoms with Crippen LogP contribution in [0.25, 0.3) is 5.57 Å². The van der Waals surface area contributed by atoms with Gasteiger partial charge in [0.05, 0.1) is 0 Å². The molecule has 0 unspecified atom stereocenters. The molecule has 20 heavy (non-hydrogen) atoms. The van der Waals surface area contributed by atoms with Crippen LogP contribution in [0.4, 0.5) is 0 Å². The van der Waals surface area contributed by atoms with Gasteiger partial charge in [-0.05, 0) is 11.1 Å². The number of carboxylic acid groups (broad SMARTS) is 2. The van der Waals surface area contributed by atoms with Crippen molar-refractivity contribution in [1.82, 2.24) is 0 Å². The van der Waals surface area contributed by atoms with Crippen molar-refractivity contribution in [3.63, 3.8) is 0 Å². The lowest BCUT2D eigenvalue weighted by atomic mass is 9.71. The van der Waals surface area contributed by atoms with Gasteiger partial charge in [0, 0.05) is 0 Å². The Kier molecular flexibility index (Phi) is 3.88. The molecular weight excluding hydrogens is 392 g/mol. The molecule has 4 nitrogen and oxygen atoms in total. The number of hydrogen-bond donors (Lipinski definition) is 2. The summed E-state index contributed by atoms with van der Waals surface area (Å²) in [7, 11) is 0. The molecule has 2 rings (SSSR count). The molecule has 1 aliphatic rings. The Morgan fingerprint density at radius 2 is 1.55 bits per heavy atom. The maximum absolute atomic E-state index is 11.8. The van der Waals surface area contributed by atoms with Crippen molar-refractivity contribution in [1.29, 1.82) is 0 Å². The Bertz CT molecular complexity index is 603. The lowest BCUT2D eigenvalue weighted by Crippen LogP contribution is -2.52. The number of rotatable bonds is 3. The molecule has 1 aromatic rings. The van der Waals surface area contributed by atoms with Crippen molar-refractivity contribution in [3.8, 4) is 0 Å². The fourth-order valence-electron chi connectivity index (χ4n) is 2.23. The third-order valence-corrected chi connectivity index (χ3v) is 4.92. The van der Waals surface area contributed by atoms with E-state index in [4.69, 9.17) is 0 Å². The van der Waals surface area contributed by atoms with Gasteiger partial charge in [0.15, 0.2) is 0 Å². The minimum Gasteiger partial charge on any atom is -0.480 e. The van der Waals surface area contributed by atoms with Crippen LogP contribution in [-0.4, -0.2) is 25.4 Å². The van der Waals surface area contributed by atoms with Crippen LogP contribution in [0.1, 0.15) is 5.56 Å². The predicted octanol–water partition coefficient (Wildman–Crippen LogP) is 3.28. The number of benzene rings is 1. The van der Waals surface area contributed by atoms with E-state index in [1.165, 1.54) is 12.2 Å². The highest BCUT2D eigenvalue weighted by molar-refractivity contribution is 9.25. The van der Waals surface area contributed by atoms with Crippen molar-refractivity contribution in [2.75, 3.05) is 0 Å². The van der Waals surface area contributed by atoms with E-state index in [-0.39, 0.29) is 5.57 Å². The standard InChI is InChI=1S/C14H10Br2O4/c15-13(16)8-4-7-10(9-5-2-1-3-6-9)14(13,11(17)18)12(19)20/h1-8H,(H,17,18)(H,19,20). The third kappa shape index (κ3) is 2.03. The third-order valence-electron chi connectivity index (χ3n) is 3.20. The predicted molar refractivity (Wildman–Crippen MR) is 81.8 cm³/mol. The second kappa shape index (κ2) is 5.18. The minimum absolute atomic E-state index is 0.203. The molecule has 0 fully saturated rings. The first-order valence-corrected chi connectivity index (χ1v) is 7.22. The molecule has 104 valence electrons. The summed E-state index contributed by atoms with van der Waals surface area (Å²) in [5, 5.41) is 19.2. The Hall–Kier alpha value is -1.40. The normalized spacial score (nSPS) is 19.2. The van der Waals surface area contributed by atoms with Crippen molar-refractivity contribution < 1.29 is 19.8 Å². The first-order chi connectivity index (χ1) is 9.34. The summed E-state index contributed by atoms with van der Waals surface area (Å²) in [6.07, 6.45) is 4.59. The summed E-state index contributed by atoms with van der Waals surface area (Å²) < 4.78 is -1.41. The number of carbonyl (C=O) groups is 2. The smallest absolute Gasteiger partial charge is 0.328 e. The van der Waals surface area contributed by atoms with Crippen LogP contribution < -0.4 is 0 Å². The van der Waals surface area contributed by atoms with Gasteiger partial charge in [0.25, 0.3) is 0 Å². The van der Waals surface area contributed by atoms with E-state index in [1.54, 1.807) is 36.4 Å². The first-order valence-electron chi connectivity index (χ1n) is 5.64. The van der Waals surface area contributed by atoms with Crippen molar-refractivity contribution in [3.05, 3.63) is 54.1 Å². The fraction of sp³-hybridized carbons (Fsp3) is 0.143. The van der Waals surface area contributed by atoms with Crippen LogP contribution in [-0.2, 0) is 9.59 Å². The van der Waals surface area contributed by atoms with Crippen LogP contribution in [0.5, 0.6) is 0 Å². The summed E-state index contributed by atoms with van der Waals surface area (Å²) in [6.45, 7) is 0. The van der Waals surface area contributed by atoms with E-state index in [9.17, 15) is 19.8 Å². The van der Waals surface area contributed by atoms with Crippen molar-refractivity contribution in [2.45, 2.75) is 3.23 Å². The zero-order chi connectivity index (χ0) is 15.0. The van der Waals surface area contributed by atoms with E-state index in [1.807, 2.05) is 0 Å². The summed E-state index contributed by atoms with van der Waals surface area (Å²) in [5.74, 6) is -2.89. The highest BCUT2D eigenvalue weighted by Crippen LogP contribution is 2.55. The van der Waals surface area contributed by atoms with Gasteiger partial charge < -0.3 is 10.2 Å². The van der Waals surface area contributed by atoms with Crippen LogP contribution >= 0.6 is 31.9 Å².